The smallest absolute Gasteiger partial charge is 0.231 e. The van der Waals surface area contributed by atoms with Crippen LogP contribution in [0.3, 0.4) is 0 Å². The van der Waals surface area contributed by atoms with Crippen LogP contribution in [-0.4, -0.2) is 29.1 Å². The van der Waals surface area contributed by atoms with E-state index in [1.54, 1.807) is 0 Å². The first-order valence-electron chi connectivity index (χ1n) is 8.96. The van der Waals surface area contributed by atoms with E-state index in [9.17, 15) is 4.79 Å². The number of carbonyl (C=O) groups is 1. The molecule has 1 aliphatic heterocycles. The van der Waals surface area contributed by atoms with Crippen molar-refractivity contribution in [3.8, 4) is 11.5 Å². The molecule has 1 aromatic heterocycles. The number of nitrogens with one attached hydrogen (secondary N) is 1. The van der Waals surface area contributed by atoms with Gasteiger partial charge in [0, 0.05) is 36.6 Å². The van der Waals surface area contributed by atoms with Crippen molar-refractivity contribution in [3.63, 3.8) is 0 Å². The lowest BCUT2D eigenvalue weighted by molar-refractivity contribution is -0.131. The van der Waals surface area contributed by atoms with Gasteiger partial charge in [-0.25, -0.2) is 0 Å². The van der Waals surface area contributed by atoms with E-state index in [1.807, 2.05) is 48.4 Å². The summed E-state index contributed by atoms with van der Waals surface area (Å²) >= 11 is 0. The van der Waals surface area contributed by atoms with E-state index in [4.69, 9.17) is 9.47 Å². The van der Waals surface area contributed by atoms with E-state index in [0.29, 0.717) is 19.5 Å². The van der Waals surface area contributed by atoms with Crippen molar-refractivity contribution in [3.05, 3.63) is 59.8 Å². The topological polar surface area (TPSA) is 54.6 Å². The normalized spacial score (nSPS) is 12.5. The van der Waals surface area contributed by atoms with Gasteiger partial charge in [-0.2, -0.15) is 0 Å². The minimum Gasteiger partial charge on any atom is -0.454 e. The fourth-order valence-electron chi connectivity index (χ4n) is 3.37. The third-order valence-electron chi connectivity index (χ3n) is 4.79. The molecule has 0 atom stereocenters. The molecule has 1 amide bonds. The van der Waals surface area contributed by atoms with Gasteiger partial charge in [0.25, 0.3) is 0 Å². The Morgan fingerprint density at radius 1 is 1.15 bits per heavy atom. The van der Waals surface area contributed by atoms with Crippen molar-refractivity contribution in [2.45, 2.75) is 26.3 Å². The Labute approximate surface area is 152 Å². The molecule has 2 aromatic carbocycles. The van der Waals surface area contributed by atoms with Gasteiger partial charge >= 0.3 is 0 Å². The summed E-state index contributed by atoms with van der Waals surface area (Å²) in [5, 5.41) is 1.22. The first-order chi connectivity index (χ1) is 12.7. The van der Waals surface area contributed by atoms with E-state index in [2.05, 4.69) is 17.1 Å². The second kappa shape index (κ2) is 7.12. The van der Waals surface area contributed by atoms with E-state index in [1.165, 1.54) is 10.9 Å². The third-order valence-corrected chi connectivity index (χ3v) is 4.79. The number of carbonyl (C=O) groups excluding carboxylic acids is 1. The van der Waals surface area contributed by atoms with Crippen molar-refractivity contribution in [2.24, 2.45) is 0 Å². The van der Waals surface area contributed by atoms with Gasteiger partial charge in [-0.1, -0.05) is 31.2 Å². The Kier molecular flexibility index (Phi) is 4.52. The van der Waals surface area contributed by atoms with Crippen LogP contribution in [0.1, 0.15) is 24.5 Å². The molecule has 0 spiro atoms. The number of para-hydroxylation sites is 1. The highest BCUT2D eigenvalue weighted by atomic mass is 16.7. The molecule has 0 bridgehead atoms. The van der Waals surface area contributed by atoms with Crippen LogP contribution < -0.4 is 9.47 Å². The van der Waals surface area contributed by atoms with Crippen LogP contribution in [0.15, 0.2) is 48.7 Å². The predicted molar refractivity (Wildman–Crippen MR) is 100 cm³/mol. The van der Waals surface area contributed by atoms with Crippen LogP contribution in [0.25, 0.3) is 10.9 Å². The fourth-order valence-corrected chi connectivity index (χ4v) is 3.37. The summed E-state index contributed by atoms with van der Waals surface area (Å²) in [5.41, 5.74) is 3.42. The number of aromatic amines is 1. The minimum atomic E-state index is 0.155. The second-order valence-electron chi connectivity index (χ2n) is 6.47. The monoisotopic (exact) mass is 350 g/mol. The number of hydrogen-bond donors (Lipinski definition) is 1. The number of H-pyrrole nitrogens is 1. The van der Waals surface area contributed by atoms with Crippen molar-refractivity contribution in [1.29, 1.82) is 0 Å². The number of amides is 1. The summed E-state index contributed by atoms with van der Waals surface area (Å²) in [6.45, 7) is 3.42. The summed E-state index contributed by atoms with van der Waals surface area (Å²) in [6.07, 6.45) is 3.36. The van der Waals surface area contributed by atoms with Crippen LogP contribution >= 0.6 is 0 Å². The zero-order valence-corrected chi connectivity index (χ0v) is 14.8. The molecular weight excluding hydrogens is 328 g/mol. The first-order valence-corrected chi connectivity index (χ1v) is 8.96. The van der Waals surface area contributed by atoms with Crippen molar-refractivity contribution in [2.75, 3.05) is 13.3 Å². The van der Waals surface area contributed by atoms with Gasteiger partial charge < -0.3 is 19.4 Å². The molecule has 5 heteroatoms. The van der Waals surface area contributed by atoms with Gasteiger partial charge in [-0.3, -0.25) is 4.79 Å². The van der Waals surface area contributed by atoms with Gasteiger partial charge in [0.2, 0.25) is 12.7 Å². The summed E-state index contributed by atoms with van der Waals surface area (Å²) in [7, 11) is 0. The van der Waals surface area contributed by atoms with E-state index < -0.39 is 0 Å². The fraction of sp³-hybridized carbons (Fsp3) is 0.286. The van der Waals surface area contributed by atoms with Gasteiger partial charge in [0.15, 0.2) is 11.5 Å². The molecule has 0 aliphatic carbocycles. The van der Waals surface area contributed by atoms with Crippen LogP contribution in [0.4, 0.5) is 0 Å². The van der Waals surface area contributed by atoms with E-state index >= 15 is 0 Å². The van der Waals surface area contributed by atoms with Crippen molar-refractivity contribution >= 4 is 16.8 Å². The largest absolute Gasteiger partial charge is 0.454 e. The summed E-state index contributed by atoms with van der Waals surface area (Å²) in [6, 6.07) is 14.1. The van der Waals surface area contributed by atoms with E-state index in [-0.39, 0.29) is 12.7 Å². The maximum atomic E-state index is 12.4. The van der Waals surface area contributed by atoms with Crippen molar-refractivity contribution < 1.29 is 14.3 Å². The molecule has 1 N–H and O–H groups in total. The minimum absolute atomic E-state index is 0.155. The zero-order valence-electron chi connectivity index (χ0n) is 14.8. The van der Waals surface area contributed by atoms with Crippen molar-refractivity contribution in [1.82, 2.24) is 9.88 Å². The number of rotatable bonds is 6. The van der Waals surface area contributed by atoms with Gasteiger partial charge in [-0.15, -0.1) is 0 Å². The molecular formula is C21H22N2O3. The Balaban J connectivity index is 1.49. The van der Waals surface area contributed by atoms with E-state index in [0.717, 1.165) is 29.0 Å². The number of fused-ring (bicyclic) bond motifs is 2. The van der Waals surface area contributed by atoms with Crippen LogP contribution in [-0.2, 0) is 17.8 Å². The Bertz CT molecular complexity index is 932. The molecule has 0 saturated carbocycles. The average Bonchev–Trinajstić information content (AvgIpc) is 3.30. The van der Waals surface area contributed by atoms with Crippen LogP contribution in [0, 0.1) is 0 Å². The van der Waals surface area contributed by atoms with Gasteiger partial charge in [0.05, 0.1) is 0 Å². The molecule has 26 heavy (non-hydrogen) atoms. The highest BCUT2D eigenvalue weighted by molar-refractivity contribution is 5.83. The number of aromatic nitrogens is 1. The highest BCUT2D eigenvalue weighted by Crippen LogP contribution is 2.32. The van der Waals surface area contributed by atoms with Gasteiger partial charge in [0.1, 0.15) is 0 Å². The number of ether oxygens (including phenoxy) is 2. The maximum Gasteiger partial charge on any atom is 0.231 e. The standard InChI is InChI=1S/C21H22N2O3/c1-2-21(24)23(13-15-7-8-19-20(11-15)26-14-25-19)10-9-16-12-22-18-6-4-3-5-17(16)18/h3-8,11-12,22H,2,9-10,13-14H2,1H3. The third kappa shape index (κ3) is 3.25. The Hall–Kier alpha value is -2.95. The molecule has 2 heterocycles. The van der Waals surface area contributed by atoms with Gasteiger partial charge in [-0.05, 0) is 35.7 Å². The quantitative estimate of drug-likeness (QED) is 0.734. The molecule has 0 saturated heterocycles. The SMILES string of the molecule is CCC(=O)N(CCc1c[nH]c2ccccc12)Cc1ccc2c(c1)OCO2. The second-order valence-corrected chi connectivity index (χ2v) is 6.47. The lowest BCUT2D eigenvalue weighted by Gasteiger charge is -2.22. The molecule has 1 aliphatic rings. The number of benzene rings is 2. The van der Waals surface area contributed by atoms with Crippen LogP contribution in [0.5, 0.6) is 11.5 Å². The molecule has 0 unspecified atom stereocenters. The maximum absolute atomic E-state index is 12.4. The number of hydrogen-bond acceptors (Lipinski definition) is 3. The average molecular weight is 350 g/mol. The summed E-state index contributed by atoms with van der Waals surface area (Å²) in [5.74, 6) is 1.67. The summed E-state index contributed by atoms with van der Waals surface area (Å²) in [4.78, 5) is 17.7. The lowest BCUT2D eigenvalue weighted by atomic mass is 10.1. The predicted octanol–water partition coefficient (Wildman–Crippen LogP) is 3.88. The Morgan fingerprint density at radius 3 is 2.88 bits per heavy atom. The molecule has 3 aromatic rings. The number of nitrogens with zero attached hydrogens (tertiary/aromatic N) is 1. The molecule has 0 radical (unpaired) electrons. The Morgan fingerprint density at radius 2 is 2.00 bits per heavy atom. The molecule has 0 fully saturated rings. The zero-order chi connectivity index (χ0) is 17.9. The molecule has 134 valence electrons. The summed E-state index contributed by atoms with van der Waals surface area (Å²) < 4.78 is 10.8. The molecule has 5 nitrogen and oxygen atoms in total. The highest BCUT2D eigenvalue weighted by Gasteiger charge is 2.17. The molecule has 4 rings (SSSR count). The van der Waals surface area contributed by atoms with Crippen LogP contribution in [0.2, 0.25) is 0 Å². The first kappa shape index (κ1) is 16.5. The lowest BCUT2D eigenvalue weighted by Crippen LogP contribution is -2.31.